The van der Waals surface area contributed by atoms with Gasteiger partial charge in [-0.2, -0.15) is 5.10 Å². The van der Waals surface area contributed by atoms with Gasteiger partial charge in [0.1, 0.15) is 5.78 Å². The molecule has 0 radical (unpaired) electrons. The van der Waals surface area contributed by atoms with Gasteiger partial charge in [0.25, 0.3) is 0 Å². The number of hydrogen-bond acceptors (Lipinski definition) is 4. The number of carbonyl (C=O) groups is 1. The van der Waals surface area contributed by atoms with Crippen molar-refractivity contribution < 1.29 is 9.00 Å². The van der Waals surface area contributed by atoms with Crippen LogP contribution in [0.15, 0.2) is 6.07 Å². The number of fused-ring (bicyclic) bond motifs is 1. The molecule has 5 fully saturated rings. The average Bonchev–Trinajstić information content (AvgIpc) is 3.13. The van der Waals surface area contributed by atoms with Gasteiger partial charge in [-0.05, 0) is 70.4 Å². The maximum absolute atomic E-state index is 11.6. The van der Waals surface area contributed by atoms with E-state index >= 15 is 0 Å². The summed E-state index contributed by atoms with van der Waals surface area (Å²) in [6.45, 7) is 6.91. The smallest absolute Gasteiger partial charge is 0.132 e. The molecule has 1 spiro atoms. The van der Waals surface area contributed by atoms with E-state index in [1.807, 2.05) is 0 Å². The van der Waals surface area contributed by atoms with Crippen LogP contribution in [0.4, 0.5) is 0 Å². The van der Waals surface area contributed by atoms with E-state index in [1.54, 1.807) is 0 Å². The van der Waals surface area contributed by atoms with Gasteiger partial charge in [0, 0.05) is 76.7 Å². The quantitative estimate of drug-likeness (QED) is 0.733. The van der Waals surface area contributed by atoms with E-state index in [9.17, 15) is 9.00 Å². The third-order valence-corrected chi connectivity index (χ3v) is 10.8. The van der Waals surface area contributed by atoms with Crippen molar-refractivity contribution in [3.8, 4) is 0 Å². The molecule has 3 aliphatic carbocycles. The fourth-order valence-electron chi connectivity index (χ4n) is 7.23. The van der Waals surface area contributed by atoms with Crippen LogP contribution in [-0.2, 0) is 15.6 Å². The van der Waals surface area contributed by atoms with E-state index in [0.717, 1.165) is 55.1 Å². The van der Waals surface area contributed by atoms with Crippen LogP contribution in [-0.4, -0.2) is 55.3 Å². The zero-order chi connectivity index (χ0) is 20.6. The van der Waals surface area contributed by atoms with Gasteiger partial charge in [-0.15, -0.1) is 0 Å². The topological polar surface area (TPSA) is 55.2 Å². The van der Waals surface area contributed by atoms with Crippen LogP contribution in [0.25, 0.3) is 0 Å². The van der Waals surface area contributed by atoms with Crippen LogP contribution < -0.4 is 0 Å². The normalized spacial score (nSPS) is 41.6. The molecule has 0 bridgehead atoms. The molecule has 3 heterocycles. The molecular weight excluding hydrogens is 394 g/mol. The molecule has 2 saturated heterocycles. The third-order valence-electron chi connectivity index (χ3n) is 8.91. The summed E-state index contributed by atoms with van der Waals surface area (Å²) in [6.07, 6.45) is 7.37. The molecule has 0 amide bonds. The Hall–Kier alpha value is -1.01. The lowest BCUT2D eigenvalue weighted by atomic mass is 9.86. The number of nitrogens with zero attached hydrogens (tertiary/aromatic N) is 3. The van der Waals surface area contributed by atoms with E-state index < -0.39 is 10.8 Å². The Kier molecular flexibility index (Phi) is 4.58. The van der Waals surface area contributed by atoms with Gasteiger partial charge in [-0.25, -0.2) is 0 Å². The van der Waals surface area contributed by atoms with E-state index in [1.165, 1.54) is 43.7 Å². The number of rotatable bonds is 4. The summed E-state index contributed by atoms with van der Waals surface area (Å²) in [7, 11) is -0.531. The van der Waals surface area contributed by atoms with Gasteiger partial charge < -0.3 is 0 Å². The number of likely N-dealkylation sites (tertiary alicyclic amines) is 1. The summed E-state index contributed by atoms with van der Waals surface area (Å²) in [5, 5.41) is 5.05. The standard InChI is InChI=1S/C24H35N3O2S/c1-15(2)27-22(11-21(25-27)16-3-5-18(28)6-4-16)23-19-9-17(10-20(19)23)26-8-7-24(12-26)13-30(29)14-24/h11,15-17,19-20,23H,3-10,12-14H2,1-2H3/t17?,19-,20?,23?,24?,30?/m0/s1. The van der Waals surface area contributed by atoms with Crippen molar-refractivity contribution in [3.05, 3.63) is 17.5 Å². The van der Waals surface area contributed by atoms with Gasteiger partial charge in [0.05, 0.1) is 5.69 Å². The van der Waals surface area contributed by atoms with Gasteiger partial charge >= 0.3 is 0 Å². The Morgan fingerprint density at radius 2 is 1.87 bits per heavy atom. The molecule has 1 aromatic heterocycles. The van der Waals surface area contributed by atoms with E-state index in [-0.39, 0.29) is 0 Å². The van der Waals surface area contributed by atoms with Crippen LogP contribution in [0.1, 0.15) is 88.1 Å². The van der Waals surface area contributed by atoms with Crippen molar-refractivity contribution in [3.63, 3.8) is 0 Å². The maximum Gasteiger partial charge on any atom is 0.132 e. The molecule has 3 unspecified atom stereocenters. The van der Waals surface area contributed by atoms with E-state index in [4.69, 9.17) is 5.10 Å². The van der Waals surface area contributed by atoms with Crippen molar-refractivity contribution in [2.75, 3.05) is 24.6 Å². The van der Waals surface area contributed by atoms with Gasteiger partial charge in [0.2, 0.25) is 0 Å². The molecule has 2 aliphatic heterocycles. The second-order valence-corrected chi connectivity index (χ2v) is 12.7. The van der Waals surface area contributed by atoms with Crippen molar-refractivity contribution >= 4 is 16.6 Å². The lowest BCUT2D eigenvalue weighted by Gasteiger charge is -2.38. The first-order valence-corrected chi connectivity index (χ1v) is 13.6. The molecule has 4 atom stereocenters. The van der Waals surface area contributed by atoms with Gasteiger partial charge in [-0.3, -0.25) is 18.6 Å². The van der Waals surface area contributed by atoms with Crippen LogP contribution in [0.5, 0.6) is 0 Å². The summed E-state index contributed by atoms with van der Waals surface area (Å²) >= 11 is 0. The Morgan fingerprint density at radius 3 is 2.50 bits per heavy atom. The first-order valence-electron chi connectivity index (χ1n) is 12.1. The second-order valence-electron chi connectivity index (χ2n) is 11.3. The van der Waals surface area contributed by atoms with Crippen molar-refractivity contribution in [1.29, 1.82) is 0 Å². The van der Waals surface area contributed by atoms with Gasteiger partial charge in [0.15, 0.2) is 0 Å². The Bertz CT molecular complexity index is 863. The Balaban J connectivity index is 1.13. The summed E-state index contributed by atoms with van der Waals surface area (Å²) in [5.41, 5.74) is 3.12. The number of aromatic nitrogens is 2. The molecule has 30 heavy (non-hydrogen) atoms. The molecule has 0 aromatic carbocycles. The van der Waals surface area contributed by atoms with Crippen LogP contribution in [0, 0.1) is 17.3 Å². The summed E-state index contributed by atoms with van der Waals surface area (Å²) in [4.78, 5) is 14.4. The van der Waals surface area contributed by atoms with Gasteiger partial charge in [-0.1, -0.05) is 0 Å². The van der Waals surface area contributed by atoms with Crippen molar-refractivity contribution in [2.45, 2.75) is 82.7 Å². The molecule has 0 N–H and O–H groups in total. The highest BCUT2D eigenvalue weighted by Gasteiger charge is 2.60. The summed E-state index contributed by atoms with van der Waals surface area (Å²) in [5.74, 6) is 5.16. The molecule has 6 rings (SSSR count). The number of ketones is 1. The monoisotopic (exact) mass is 429 g/mol. The molecule has 5 aliphatic rings. The third kappa shape index (κ3) is 3.16. The fourth-order valence-corrected chi connectivity index (χ4v) is 8.99. The molecule has 1 aromatic rings. The highest BCUT2D eigenvalue weighted by molar-refractivity contribution is 7.86. The first kappa shape index (κ1) is 19.7. The second kappa shape index (κ2) is 6.99. The minimum atomic E-state index is -0.531. The molecule has 5 nitrogen and oxygen atoms in total. The molecule has 3 saturated carbocycles. The van der Waals surface area contributed by atoms with Crippen molar-refractivity contribution in [1.82, 2.24) is 14.7 Å². The Morgan fingerprint density at radius 1 is 1.17 bits per heavy atom. The van der Waals surface area contributed by atoms with E-state index in [0.29, 0.717) is 29.1 Å². The Labute approximate surface area is 182 Å². The minimum Gasteiger partial charge on any atom is -0.300 e. The first-order chi connectivity index (χ1) is 14.4. The number of hydrogen-bond donors (Lipinski definition) is 0. The highest BCUT2D eigenvalue weighted by atomic mass is 32.2. The maximum atomic E-state index is 11.6. The lowest BCUT2D eigenvalue weighted by Crippen LogP contribution is -2.47. The van der Waals surface area contributed by atoms with E-state index in [2.05, 4.69) is 29.5 Å². The predicted octanol–water partition coefficient (Wildman–Crippen LogP) is 3.64. The zero-order valence-electron chi connectivity index (χ0n) is 18.4. The van der Waals surface area contributed by atoms with Crippen LogP contribution in [0.3, 0.4) is 0 Å². The number of carbonyl (C=O) groups excluding carboxylic acids is 1. The largest absolute Gasteiger partial charge is 0.300 e. The molecule has 6 heteroatoms. The predicted molar refractivity (Wildman–Crippen MR) is 118 cm³/mol. The number of Topliss-reactive ketones (excluding diaryl/α,β-unsaturated/α-hetero) is 1. The lowest BCUT2D eigenvalue weighted by molar-refractivity contribution is -0.120. The van der Waals surface area contributed by atoms with Crippen LogP contribution in [0.2, 0.25) is 0 Å². The summed E-state index contributed by atoms with van der Waals surface area (Å²) < 4.78 is 13.9. The SMILES string of the molecule is CC(C)n1nc(C2CCC(=O)CC2)cc1C1C2CC(N3CCC4(C3)CS(=O)C4)C[C@@H]21. The van der Waals surface area contributed by atoms with Crippen LogP contribution >= 0.6 is 0 Å². The minimum absolute atomic E-state index is 0.397. The fraction of sp³-hybridized carbons (Fsp3) is 0.833. The molecule has 164 valence electrons. The van der Waals surface area contributed by atoms with Crippen molar-refractivity contribution in [2.24, 2.45) is 17.3 Å². The summed E-state index contributed by atoms with van der Waals surface area (Å²) in [6, 6.07) is 3.56. The highest BCUT2D eigenvalue weighted by Crippen LogP contribution is 2.64. The molecular formula is C24H35N3O2S. The average molecular weight is 430 g/mol. The zero-order valence-corrected chi connectivity index (χ0v) is 19.2.